The third-order valence-corrected chi connectivity index (χ3v) is 4.67. The summed E-state index contributed by atoms with van der Waals surface area (Å²) in [6.45, 7) is 1.43. The number of hydrogen-bond donors (Lipinski definition) is 1. The van der Waals surface area contributed by atoms with Gasteiger partial charge in [0, 0.05) is 12.4 Å². The molecule has 0 radical (unpaired) electrons. The van der Waals surface area contributed by atoms with Gasteiger partial charge in [0.05, 0.1) is 17.4 Å². The van der Waals surface area contributed by atoms with Crippen molar-refractivity contribution in [3.8, 4) is 0 Å². The number of carboxylic acid groups (broad SMARTS) is 1. The minimum Gasteiger partial charge on any atom is -0.481 e. The van der Waals surface area contributed by atoms with Crippen molar-refractivity contribution in [2.24, 2.45) is 0 Å². The fourth-order valence-corrected chi connectivity index (χ4v) is 2.70. The summed E-state index contributed by atoms with van der Waals surface area (Å²) >= 11 is 0. The zero-order valence-electron chi connectivity index (χ0n) is 9.54. The van der Waals surface area contributed by atoms with Crippen LogP contribution in [0.5, 0.6) is 0 Å². The number of rotatable bonds is 6. The number of hydrogen-bond acceptors (Lipinski definition) is 4. The van der Waals surface area contributed by atoms with Gasteiger partial charge >= 0.3 is 5.97 Å². The standard InChI is InChI=1S/C11H15NO4S/c1-9(8-11(13)14)17(15,16)7-4-10-2-5-12-6-3-10/h2-3,5-6,9H,4,7-8H2,1H3,(H,13,14). The second kappa shape index (κ2) is 5.77. The van der Waals surface area contributed by atoms with Crippen LogP contribution in [0.2, 0.25) is 0 Å². The molecule has 5 nitrogen and oxygen atoms in total. The second-order valence-electron chi connectivity index (χ2n) is 3.88. The maximum Gasteiger partial charge on any atom is 0.304 e. The molecule has 1 aromatic rings. The first-order valence-electron chi connectivity index (χ1n) is 5.24. The summed E-state index contributed by atoms with van der Waals surface area (Å²) in [6, 6.07) is 3.49. The first-order chi connectivity index (χ1) is 7.92. The lowest BCUT2D eigenvalue weighted by Gasteiger charge is -2.10. The first kappa shape index (κ1) is 13.6. The molecule has 0 spiro atoms. The summed E-state index contributed by atoms with van der Waals surface area (Å²) in [5.41, 5.74) is 0.881. The lowest BCUT2D eigenvalue weighted by molar-refractivity contribution is -0.136. The molecule has 0 saturated heterocycles. The Bertz CT molecular complexity index is 470. The number of carbonyl (C=O) groups is 1. The van der Waals surface area contributed by atoms with E-state index in [-0.39, 0.29) is 12.2 Å². The first-order valence-corrected chi connectivity index (χ1v) is 6.95. The quantitative estimate of drug-likeness (QED) is 0.818. The van der Waals surface area contributed by atoms with Crippen molar-refractivity contribution in [1.82, 2.24) is 4.98 Å². The van der Waals surface area contributed by atoms with E-state index in [4.69, 9.17) is 5.11 Å². The van der Waals surface area contributed by atoms with Crippen molar-refractivity contribution in [2.75, 3.05) is 5.75 Å². The van der Waals surface area contributed by atoms with E-state index in [0.29, 0.717) is 6.42 Å². The zero-order valence-corrected chi connectivity index (χ0v) is 10.4. The minimum absolute atomic E-state index is 0.0363. The minimum atomic E-state index is -3.35. The van der Waals surface area contributed by atoms with Crippen LogP contribution in [0.1, 0.15) is 18.9 Å². The van der Waals surface area contributed by atoms with Crippen molar-refractivity contribution in [1.29, 1.82) is 0 Å². The van der Waals surface area contributed by atoms with E-state index in [1.54, 1.807) is 24.5 Å². The Morgan fingerprint density at radius 1 is 1.41 bits per heavy atom. The van der Waals surface area contributed by atoms with E-state index >= 15 is 0 Å². The number of sulfone groups is 1. The molecule has 1 aromatic heterocycles. The molecule has 6 heteroatoms. The Hall–Kier alpha value is -1.43. The number of aromatic nitrogens is 1. The molecule has 0 amide bonds. The fraction of sp³-hybridized carbons (Fsp3) is 0.455. The van der Waals surface area contributed by atoms with E-state index in [0.717, 1.165) is 5.56 Å². The van der Waals surface area contributed by atoms with Crippen LogP contribution in [0.4, 0.5) is 0 Å². The lowest BCUT2D eigenvalue weighted by atomic mass is 10.2. The van der Waals surface area contributed by atoms with E-state index in [9.17, 15) is 13.2 Å². The Kier molecular flexibility index (Phi) is 4.62. The number of carboxylic acids is 1. The average Bonchev–Trinajstić information content (AvgIpc) is 2.27. The second-order valence-corrected chi connectivity index (χ2v) is 6.42. The van der Waals surface area contributed by atoms with Gasteiger partial charge in [-0.1, -0.05) is 0 Å². The highest BCUT2D eigenvalue weighted by Gasteiger charge is 2.22. The molecule has 0 saturated carbocycles. The Morgan fingerprint density at radius 3 is 2.53 bits per heavy atom. The Balaban J connectivity index is 2.59. The highest BCUT2D eigenvalue weighted by atomic mass is 32.2. The average molecular weight is 257 g/mol. The molecule has 0 aromatic carbocycles. The smallest absolute Gasteiger partial charge is 0.304 e. The maximum absolute atomic E-state index is 11.8. The van der Waals surface area contributed by atoms with Gasteiger partial charge in [0.25, 0.3) is 0 Å². The molecule has 1 N–H and O–H groups in total. The van der Waals surface area contributed by atoms with Gasteiger partial charge in [0.15, 0.2) is 9.84 Å². The largest absolute Gasteiger partial charge is 0.481 e. The van der Waals surface area contributed by atoms with E-state index < -0.39 is 21.1 Å². The third kappa shape index (κ3) is 4.52. The molecular weight excluding hydrogens is 242 g/mol. The van der Waals surface area contributed by atoms with Gasteiger partial charge in [-0.05, 0) is 31.0 Å². The van der Waals surface area contributed by atoms with Gasteiger partial charge in [0.2, 0.25) is 0 Å². The molecule has 1 rings (SSSR count). The van der Waals surface area contributed by atoms with Crippen LogP contribution in [-0.2, 0) is 21.1 Å². The van der Waals surface area contributed by atoms with Crippen molar-refractivity contribution in [3.05, 3.63) is 30.1 Å². The summed E-state index contributed by atoms with van der Waals surface area (Å²) in [5.74, 6) is -1.13. The van der Waals surface area contributed by atoms with Gasteiger partial charge in [-0.15, -0.1) is 0 Å². The third-order valence-electron chi connectivity index (χ3n) is 2.50. The van der Waals surface area contributed by atoms with E-state index in [1.165, 1.54) is 6.92 Å². The normalized spacial score (nSPS) is 13.2. The highest BCUT2D eigenvalue weighted by Crippen LogP contribution is 2.09. The lowest BCUT2D eigenvalue weighted by Crippen LogP contribution is -2.24. The Morgan fingerprint density at radius 2 is 2.00 bits per heavy atom. The SMILES string of the molecule is CC(CC(=O)O)S(=O)(=O)CCc1ccncc1. The number of aryl methyl sites for hydroxylation is 1. The maximum atomic E-state index is 11.8. The summed E-state index contributed by atoms with van der Waals surface area (Å²) < 4.78 is 23.5. The fourth-order valence-electron chi connectivity index (χ4n) is 1.38. The van der Waals surface area contributed by atoms with Gasteiger partial charge in [0.1, 0.15) is 0 Å². The van der Waals surface area contributed by atoms with Gasteiger partial charge in [-0.2, -0.15) is 0 Å². The molecule has 0 fully saturated rings. The van der Waals surface area contributed by atoms with Crippen molar-refractivity contribution < 1.29 is 18.3 Å². The van der Waals surface area contributed by atoms with Crippen LogP contribution < -0.4 is 0 Å². The van der Waals surface area contributed by atoms with Crippen LogP contribution in [0.3, 0.4) is 0 Å². The van der Waals surface area contributed by atoms with Gasteiger partial charge < -0.3 is 5.11 Å². The van der Waals surface area contributed by atoms with Gasteiger partial charge in [-0.3, -0.25) is 9.78 Å². The van der Waals surface area contributed by atoms with Crippen LogP contribution >= 0.6 is 0 Å². The molecule has 0 aliphatic carbocycles. The van der Waals surface area contributed by atoms with E-state index in [1.807, 2.05) is 0 Å². The van der Waals surface area contributed by atoms with Crippen molar-refractivity contribution in [2.45, 2.75) is 25.0 Å². The summed E-state index contributed by atoms with van der Waals surface area (Å²) in [5, 5.41) is 7.71. The monoisotopic (exact) mass is 257 g/mol. The molecule has 1 unspecified atom stereocenters. The molecule has 0 bridgehead atoms. The summed E-state index contributed by atoms with van der Waals surface area (Å²) in [4.78, 5) is 14.3. The predicted octanol–water partition coefficient (Wildman–Crippen LogP) is 0.902. The van der Waals surface area contributed by atoms with Gasteiger partial charge in [-0.25, -0.2) is 8.42 Å². The summed E-state index contributed by atoms with van der Waals surface area (Å²) in [7, 11) is -3.35. The number of aliphatic carboxylic acids is 1. The molecular formula is C11H15NO4S. The molecule has 94 valence electrons. The van der Waals surface area contributed by atoms with Crippen molar-refractivity contribution in [3.63, 3.8) is 0 Å². The predicted molar refractivity (Wildman–Crippen MR) is 63.4 cm³/mol. The van der Waals surface area contributed by atoms with Crippen molar-refractivity contribution >= 4 is 15.8 Å². The topological polar surface area (TPSA) is 84.3 Å². The Labute approximate surface area is 100 Å². The molecule has 0 aliphatic rings. The number of nitrogens with zero attached hydrogens (tertiary/aromatic N) is 1. The van der Waals surface area contributed by atoms with Crippen LogP contribution in [-0.4, -0.2) is 35.5 Å². The van der Waals surface area contributed by atoms with E-state index in [2.05, 4.69) is 4.98 Å². The molecule has 1 atom stereocenters. The van der Waals surface area contributed by atoms with Crippen LogP contribution in [0, 0.1) is 0 Å². The van der Waals surface area contributed by atoms with Crippen LogP contribution in [0.25, 0.3) is 0 Å². The number of pyridine rings is 1. The highest BCUT2D eigenvalue weighted by molar-refractivity contribution is 7.92. The molecule has 17 heavy (non-hydrogen) atoms. The van der Waals surface area contributed by atoms with Crippen LogP contribution in [0.15, 0.2) is 24.5 Å². The zero-order chi connectivity index (χ0) is 12.9. The molecule has 1 heterocycles. The molecule has 0 aliphatic heterocycles. The summed E-state index contributed by atoms with van der Waals surface area (Å²) in [6.07, 6.45) is 3.23.